The third-order valence-electron chi connectivity index (χ3n) is 4.61. The normalized spacial score (nSPS) is 14.1. The van der Waals surface area contributed by atoms with Crippen molar-refractivity contribution in [2.24, 2.45) is 0 Å². The molecule has 0 unspecified atom stereocenters. The van der Waals surface area contributed by atoms with E-state index in [1.54, 1.807) is 23.5 Å². The Hall–Kier alpha value is -2.68. The molecule has 0 aromatic carbocycles. The molecule has 9 heteroatoms. The molecule has 3 heterocycles. The Bertz CT molecular complexity index is 1050. The topological polar surface area (TPSA) is 98.7 Å². The zero-order valence-electron chi connectivity index (χ0n) is 18.4. The highest BCUT2D eigenvalue weighted by Crippen LogP contribution is 2.31. The fourth-order valence-electron chi connectivity index (χ4n) is 3.28. The van der Waals surface area contributed by atoms with E-state index in [4.69, 9.17) is 9.47 Å². The van der Waals surface area contributed by atoms with Crippen LogP contribution in [0.5, 0.6) is 5.75 Å². The lowest BCUT2D eigenvalue weighted by Crippen LogP contribution is -2.40. The highest BCUT2D eigenvalue weighted by Gasteiger charge is 2.28. The maximum atomic E-state index is 12.6. The van der Waals surface area contributed by atoms with Gasteiger partial charge in [0.1, 0.15) is 27.0 Å². The predicted molar refractivity (Wildman–Crippen MR) is 119 cm³/mol. The molecule has 0 spiro atoms. The molecule has 2 aromatic heterocycles. The van der Waals surface area contributed by atoms with Crippen LogP contribution in [-0.4, -0.2) is 55.2 Å². The average molecular weight is 448 g/mol. The first-order valence-electron chi connectivity index (χ1n) is 10.3. The second kappa shape index (κ2) is 9.21. The van der Waals surface area contributed by atoms with Crippen LogP contribution in [0.3, 0.4) is 0 Å². The number of amides is 1. The minimum atomic E-state index is -3.00. The van der Waals surface area contributed by atoms with Crippen LogP contribution in [0.25, 0.3) is 11.1 Å². The van der Waals surface area contributed by atoms with Crippen LogP contribution in [0.1, 0.15) is 39.2 Å². The van der Waals surface area contributed by atoms with Gasteiger partial charge in [-0.3, -0.25) is 9.88 Å². The number of anilines is 1. The summed E-state index contributed by atoms with van der Waals surface area (Å²) in [5.41, 5.74) is 2.13. The van der Waals surface area contributed by atoms with Gasteiger partial charge in [-0.25, -0.2) is 18.2 Å². The molecule has 3 rings (SSSR count). The number of ether oxygens (including phenoxy) is 2. The highest BCUT2D eigenvalue weighted by molar-refractivity contribution is 7.90. The lowest BCUT2D eigenvalue weighted by Gasteiger charge is -2.30. The first-order chi connectivity index (χ1) is 14.5. The largest absolute Gasteiger partial charge is 0.492 e. The Labute approximate surface area is 183 Å². The smallest absolute Gasteiger partial charge is 0.416 e. The fraction of sp³-hybridized carbons (Fsp3) is 0.500. The number of hydrogen-bond donors (Lipinski definition) is 0. The van der Waals surface area contributed by atoms with E-state index < -0.39 is 15.4 Å². The Kier molecular flexibility index (Phi) is 6.83. The monoisotopic (exact) mass is 447 g/mol. The molecule has 0 atom stereocenters. The number of aryl methyl sites for hydroxylation is 1. The van der Waals surface area contributed by atoms with E-state index in [9.17, 15) is 13.2 Å². The van der Waals surface area contributed by atoms with Crippen LogP contribution in [0, 0.1) is 0 Å². The van der Waals surface area contributed by atoms with Gasteiger partial charge in [0, 0.05) is 36.3 Å². The van der Waals surface area contributed by atoms with Crippen molar-refractivity contribution in [3.8, 4) is 16.9 Å². The highest BCUT2D eigenvalue weighted by atomic mass is 32.2. The minimum Gasteiger partial charge on any atom is -0.492 e. The molecule has 0 radical (unpaired) electrons. The average Bonchev–Trinajstić information content (AvgIpc) is 2.68. The Balaban J connectivity index is 1.74. The lowest BCUT2D eigenvalue weighted by atomic mass is 10.0. The van der Waals surface area contributed by atoms with Crippen molar-refractivity contribution >= 4 is 21.7 Å². The molecule has 0 saturated carbocycles. The van der Waals surface area contributed by atoms with E-state index >= 15 is 0 Å². The molecule has 31 heavy (non-hydrogen) atoms. The van der Waals surface area contributed by atoms with Crippen molar-refractivity contribution in [3.63, 3.8) is 0 Å². The van der Waals surface area contributed by atoms with Crippen molar-refractivity contribution < 1.29 is 22.7 Å². The van der Waals surface area contributed by atoms with Gasteiger partial charge in [-0.1, -0.05) is 0 Å². The van der Waals surface area contributed by atoms with E-state index in [1.807, 2.05) is 32.9 Å². The van der Waals surface area contributed by atoms with Crippen LogP contribution in [0.2, 0.25) is 0 Å². The number of aromatic nitrogens is 2. The summed E-state index contributed by atoms with van der Waals surface area (Å²) in [5.74, 6) is 1.28. The Morgan fingerprint density at radius 2 is 1.90 bits per heavy atom. The third kappa shape index (κ3) is 6.65. The summed E-state index contributed by atoms with van der Waals surface area (Å²) < 4.78 is 33.6. The van der Waals surface area contributed by atoms with Crippen LogP contribution in [0.4, 0.5) is 10.6 Å². The summed E-state index contributed by atoms with van der Waals surface area (Å²) in [6, 6.07) is 3.87. The molecular weight excluding hydrogens is 418 g/mol. The molecule has 0 aliphatic carbocycles. The summed E-state index contributed by atoms with van der Waals surface area (Å²) in [6.07, 6.45) is 7.93. The molecule has 2 aromatic rings. The number of sulfone groups is 1. The number of pyridine rings is 2. The molecule has 1 aliphatic heterocycles. The molecule has 0 N–H and O–H groups in total. The zero-order valence-corrected chi connectivity index (χ0v) is 19.2. The van der Waals surface area contributed by atoms with Crippen molar-refractivity contribution in [3.05, 3.63) is 36.3 Å². The van der Waals surface area contributed by atoms with Gasteiger partial charge in [-0.15, -0.1) is 0 Å². The van der Waals surface area contributed by atoms with Crippen LogP contribution in [-0.2, 0) is 21.0 Å². The standard InChI is InChI=1S/C22H29N3O5S/c1-22(2,3)30-21(26)25-8-5-7-16-11-17(14-24-20(16)25)18-12-19(15-23-13-18)29-9-6-10-31(4,27)28/h11-15H,5-10H2,1-4H3. The Morgan fingerprint density at radius 3 is 2.61 bits per heavy atom. The second-order valence-electron chi connectivity index (χ2n) is 8.68. The Morgan fingerprint density at radius 1 is 1.16 bits per heavy atom. The number of rotatable bonds is 6. The molecule has 0 saturated heterocycles. The molecule has 8 nitrogen and oxygen atoms in total. The SMILES string of the molecule is CC(C)(C)OC(=O)N1CCCc2cc(-c3cncc(OCCCS(C)(=O)=O)c3)cnc21. The number of fused-ring (bicyclic) bond motifs is 1. The molecule has 1 amide bonds. The summed E-state index contributed by atoms with van der Waals surface area (Å²) in [6.45, 7) is 6.40. The van der Waals surface area contributed by atoms with Gasteiger partial charge in [-0.2, -0.15) is 0 Å². The summed E-state index contributed by atoms with van der Waals surface area (Å²) in [4.78, 5) is 22.9. The van der Waals surface area contributed by atoms with Gasteiger partial charge >= 0.3 is 6.09 Å². The van der Waals surface area contributed by atoms with Crippen LogP contribution < -0.4 is 9.64 Å². The molecule has 168 valence electrons. The van der Waals surface area contributed by atoms with Crippen molar-refractivity contribution in [2.45, 2.75) is 45.6 Å². The van der Waals surface area contributed by atoms with Crippen molar-refractivity contribution in [1.82, 2.24) is 9.97 Å². The van der Waals surface area contributed by atoms with Crippen molar-refractivity contribution in [1.29, 1.82) is 0 Å². The zero-order chi connectivity index (χ0) is 22.6. The molecule has 0 bridgehead atoms. The summed E-state index contributed by atoms with van der Waals surface area (Å²) in [7, 11) is -3.00. The van der Waals surface area contributed by atoms with Gasteiger partial charge in [-0.05, 0) is 57.7 Å². The lowest BCUT2D eigenvalue weighted by molar-refractivity contribution is 0.0576. The van der Waals surface area contributed by atoms with Crippen LogP contribution >= 0.6 is 0 Å². The number of nitrogens with zero attached hydrogens (tertiary/aromatic N) is 3. The number of carbonyl (C=O) groups excluding carboxylic acids is 1. The third-order valence-corrected chi connectivity index (χ3v) is 5.65. The van der Waals surface area contributed by atoms with Gasteiger partial charge < -0.3 is 9.47 Å². The van der Waals surface area contributed by atoms with E-state index in [2.05, 4.69) is 9.97 Å². The number of hydrogen-bond acceptors (Lipinski definition) is 7. The van der Waals surface area contributed by atoms with Gasteiger partial charge in [0.25, 0.3) is 0 Å². The first-order valence-corrected chi connectivity index (χ1v) is 12.3. The van der Waals surface area contributed by atoms with E-state index in [1.165, 1.54) is 6.26 Å². The molecule has 1 aliphatic rings. The van der Waals surface area contributed by atoms with E-state index in [-0.39, 0.29) is 11.8 Å². The van der Waals surface area contributed by atoms with Gasteiger partial charge in [0.15, 0.2) is 0 Å². The quantitative estimate of drug-likeness (QED) is 0.623. The van der Waals surface area contributed by atoms with Gasteiger partial charge in [0.05, 0.1) is 18.6 Å². The minimum absolute atomic E-state index is 0.0863. The van der Waals surface area contributed by atoms with Crippen LogP contribution in [0.15, 0.2) is 30.7 Å². The summed E-state index contributed by atoms with van der Waals surface area (Å²) >= 11 is 0. The second-order valence-corrected chi connectivity index (χ2v) is 10.9. The maximum Gasteiger partial charge on any atom is 0.416 e. The van der Waals surface area contributed by atoms with E-state index in [0.29, 0.717) is 31.1 Å². The fourth-order valence-corrected chi connectivity index (χ4v) is 3.93. The van der Waals surface area contributed by atoms with Gasteiger partial charge in [0.2, 0.25) is 0 Å². The van der Waals surface area contributed by atoms with Crippen molar-refractivity contribution in [2.75, 3.05) is 30.1 Å². The predicted octanol–water partition coefficient (Wildman–Crippen LogP) is 3.64. The molecular formula is C22H29N3O5S. The first kappa shape index (κ1) is 23.0. The van der Waals surface area contributed by atoms with E-state index in [0.717, 1.165) is 29.5 Å². The number of carbonyl (C=O) groups is 1. The summed E-state index contributed by atoms with van der Waals surface area (Å²) in [5, 5.41) is 0. The molecule has 0 fully saturated rings. The maximum absolute atomic E-state index is 12.6.